The summed E-state index contributed by atoms with van der Waals surface area (Å²) in [6.07, 6.45) is 4.15. The third-order valence-corrected chi connectivity index (χ3v) is 3.72. The number of hydrogen-bond acceptors (Lipinski definition) is 6. The highest BCUT2D eigenvalue weighted by atomic mass is 32.2. The van der Waals surface area contributed by atoms with E-state index in [2.05, 4.69) is 20.5 Å². The zero-order valence-electron chi connectivity index (χ0n) is 10.0. The Hall–Kier alpha value is -1.47. The van der Waals surface area contributed by atoms with Crippen molar-refractivity contribution < 1.29 is 0 Å². The second-order valence-electron chi connectivity index (χ2n) is 4.45. The maximum absolute atomic E-state index is 5.77. The Morgan fingerprint density at radius 2 is 2.28 bits per heavy atom. The van der Waals surface area contributed by atoms with Crippen LogP contribution < -0.4 is 5.73 Å². The average molecular weight is 262 g/mol. The maximum atomic E-state index is 5.77. The molecule has 3 rings (SSSR count). The van der Waals surface area contributed by atoms with Crippen molar-refractivity contribution in [2.75, 3.05) is 0 Å². The number of aromatic nitrogens is 5. The highest BCUT2D eigenvalue weighted by Gasteiger charge is 2.28. The molecule has 0 radical (unpaired) electrons. The van der Waals surface area contributed by atoms with E-state index in [1.165, 1.54) is 24.6 Å². The first-order valence-corrected chi connectivity index (χ1v) is 6.73. The molecule has 2 N–H and O–H groups in total. The van der Waals surface area contributed by atoms with Crippen LogP contribution >= 0.6 is 11.8 Å². The molecule has 1 fully saturated rings. The van der Waals surface area contributed by atoms with Gasteiger partial charge in [-0.3, -0.25) is 4.98 Å². The molecule has 1 atom stereocenters. The smallest absolute Gasteiger partial charge is 0.214 e. The molecule has 94 valence electrons. The van der Waals surface area contributed by atoms with Crippen LogP contribution in [-0.2, 0) is 0 Å². The number of rotatable bonds is 4. The zero-order valence-corrected chi connectivity index (χ0v) is 10.8. The van der Waals surface area contributed by atoms with Gasteiger partial charge in [0, 0.05) is 17.1 Å². The largest absolute Gasteiger partial charge is 0.323 e. The van der Waals surface area contributed by atoms with Crippen LogP contribution in [0.25, 0.3) is 0 Å². The van der Waals surface area contributed by atoms with E-state index in [4.69, 9.17) is 5.73 Å². The average Bonchev–Trinajstić information content (AvgIpc) is 3.11. The van der Waals surface area contributed by atoms with Crippen LogP contribution in [-0.4, -0.2) is 25.2 Å². The lowest BCUT2D eigenvalue weighted by molar-refractivity contribution is 0.565. The summed E-state index contributed by atoms with van der Waals surface area (Å²) in [6.45, 7) is 1.92. The van der Waals surface area contributed by atoms with Crippen molar-refractivity contribution in [3.8, 4) is 0 Å². The summed E-state index contributed by atoms with van der Waals surface area (Å²) in [6, 6.07) is 4.39. The fourth-order valence-corrected chi connectivity index (χ4v) is 2.44. The van der Waals surface area contributed by atoms with Crippen molar-refractivity contribution in [3.05, 3.63) is 24.0 Å². The molecule has 0 bridgehead atoms. The van der Waals surface area contributed by atoms with Crippen molar-refractivity contribution in [3.63, 3.8) is 0 Å². The Labute approximate surface area is 109 Å². The van der Waals surface area contributed by atoms with E-state index in [-0.39, 0.29) is 6.04 Å². The fourth-order valence-electron chi connectivity index (χ4n) is 1.63. The van der Waals surface area contributed by atoms with Gasteiger partial charge in [-0.1, -0.05) is 0 Å². The summed E-state index contributed by atoms with van der Waals surface area (Å²) >= 11 is 1.53. The van der Waals surface area contributed by atoms with Crippen molar-refractivity contribution in [2.45, 2.75) is 41.9 Å². The minimum absolute atomic E-state index is 0.0409. The van der Waals surface area contributed by atoms with Gasteiger partial charge in [-0.2, -0.15) is 0 Å². The predicted octanol–water partition coefficient (Wildman–Crippen LogP) is 1.57. The Bertz CT molecular complexity index is 531. The summed E-state index contributed by atoms with van der Waals surface area (Å²) < 4.78 is 1.89. The minimum Gasteiger partial charge on any atom is -0.323 e. The molecule has 6 nitrogen and oxygen atoms in total. The molecule has 2 heterocycles. The van der Waals surface area contributed by atoms with Crippen molar-refractivity contribution in [1.82, 2.24) is 25.2 Å². The van der Waals surface area contributed by atoms with Gasteiger partial charge < -0.3 is 5.73 Å². The van der Waals surface area contributed by atoms with E-state index in [0.717, 1.165) is 15.7 Å². The third-order valence-electron chi connectivity index (χ3n) is 2.79. The van der Waals surface area contributed by atoms with Crippen molar-refractivity contribution in [2.24, 2.45) is 5.73 Å². The SMILES string of the molecule is C[C@H](N)c1ccc(Sc2nnnn2C2CC2)cn1. The lowest BCUT2D eigenvalue weighted by Crippen LogP contribution is -2.06. The number of tetrazole rings is 1. The Morgan fingerprint density at radius 3 is 2.89 bits per heavy atom. The van der Waals surface area contributed by atoms with Crippen LogP contribution in [0.4, 0.5) is 0 Å². The Balaban J connectivity index is 1.77. The van der Waals surface area contributed by atoms with E-state index in [9.17, 15) is 0 Å². The number of hydrogen-bond donors (Lipinski definition) is 1. The van der Waals surface area contributed by atoms with Crippen molar-refractivity contribution >= 4 is 11.8 Å². The molecule has 0 amide bonds. The summed E-state index contributed by atoms with van der Waals surface area (Å²) in [7, 11) is 0. The summed E-state index contributed by atoms with van der Waals surface area (Å²) in [5, 5.41) is 12.6. The quantitative estimate of drug-likeness (QED) is 0.900. The standard InChI is InChI=1S/C11H14N6S/c1-7(12)10-5-4-9(6-13-10)18-11-14-15-16-17(11)8-2-3-8/h4-8H,2-3,12H2,1H3/t7-/m0/s1. The van der Waals surface area contributed by atoms with Crippen LogP contribution in [0.15, 0.2) is 28.4 Å². The van der Waals surface area contributed by atoms with Gasteiger partial charge in [-0.25, -0.2) is 4.68 Å². The highest BCUT2D eigenvalue weighted by molar-refractivity contribution is 7.99. The first kappa shape index (κ1) is 11.6. The molecule has 0 saturated heterocycles. The molecule has 7 heteroatoms. The molecule has 0 aliphatic heterocycles. The predicted molar refractivity (Wildman–Crippen MR) is 67.1 cm³/mol. The van der Waals surface area contributed by atoms with Crippen LogP contribution in [0.3, 0.4) is 0 Å². The van der Waals surface area contributed by atoms with Gasteiger partial charge in [-0.15, -0.1) is 5.10 Å². The van der Waals surface area contributed by atoms with E-state index < -0.39 is 0 Å². The van der Waals surface area contributed by atoms with E-state index >= 15 is 0 Å². The molecule has 0 spiro atoms. The van der Waals surface area contributed by atoms with E-state index in [1.807, 2.05) is 29.9 Å². The number of nitrogens with two attached hydrogens (primary N) is 1. The Kier molecular flexibility index (Phi) is 3.00. The zero-order chi connectivity index (χ0) is 12.5. The topological polar surface area (TPSA) is 82.5 Å². The van der Waals surface area contributed by atoms with Gasteiger partial charge in [0.15, 0.2) is 0 Å². The normalized spacial score (nSPS) is 16.8. The molecule has 2 aromatic heterocycles. The molecular weight excluding hydrogens is 248 g/mol. The third kappa shape index (κ3) is 2.37. The monoisotopic (exact) mass is 262 g/mol. The van der Waals surface area contributed by atoms with Gasteiger partial charge in [0.1, 0.15) is 0 Å². The van der Waals surface area contributed by atoms with E-state index in [0.29, 0.717) is 6.04 Å². The number of nitrogens with zero attached hydrogens (tertiary/aromatic N) is 5. The second-order valence-corrected chi connectivity index (χ2v) is 5.49. The molecule has 1 aliphatic rings. The van der Waals surface area contributed by atoms with E-state index in [1.54, 1.807) is 0 Å². The summed E-state index contributed by atoms with van der Waals surface area (Å²) in [4.78, 5) is 5.35. The maximum Gasteiger partial charge on any atom is 0.214 e. The Morgan fingerprint density at radius 1 is 1.44 bits per heavy atom. The van der Waals surface area contributed by atoms with Crippen LogP contribution in [0, 0.1) is 0 Å². The molecule has 1 saturated carbocycles. The van der Waals surface area contributed by atoms with Gasteiger partial charge in [-0.05, 0) is 54.1 Å². The van der Waals surface area contributed by atoms with Crippen LogP contribution in [0.5, 0.6) is 0 Å². The molecule has 1 aliphatic carbocycles. The van der Waals surface area contributed by atoms with Crippen LogP contribution in [0.1, 0.15) is 37.5 Å². The first-order valence-electron chi connectivity index (χ1n) is 5.91. The fraction of sp³-hybridized carbons (Fsp3) is 0.455. The molecular formula is C11H14N6S. The lowest BCUT2D eigenvalue weighted by atomic mass is 10.2. The van der Waals surface area contributed by atoms with Gasteiger partial charge in [0.25, 0.3) is 0 Å². The van der Waals surface area contributed by atoms with Gasteiger partial charge >= 0.3 is 0 Å². The first-order chi connectivity index (χ1) is 8.74. The van der Waals surface area contributed by atoms with Gasteiger partial charge in [0.2, 0.25) is 5.16 Å². The molecule has 0 aromatic carbocycles. The van der Waals surface area contributed by atoms with Crippen molar-refractivity contribution in [1.29, 1.82) is 0 Å². The minimum atomic E-state index is -0.0409. The lowest BCUT2D eigenvalue weighted by Gasteiger charge is -2.05. The molecule has 2 aromatic rings. The molecule has 0 unspecified atom stereocenters. The second kappa shape index (κ2) is 4.66. The number of pyridine rings is 1. The van der Waals surface area contributed by atoms with Gasteiger partial charge in [0.05, 0.1) is 11.7 Å². The summed E-state index contributed by atoms with van der Waals surface area (Å²) in [5.74, 6) is 0. The molecule has 18 heavy (non-hydrogen) atoms. The summed E-state index contributed by atoms with van der Waals surface area (Å²) in [5.41, 5.74) is 6.66. The van der Waals surface area contributed by atoms with Crippen LogP contribution in [0.2, 0.25) is 0 Å². The highest BCUT2D eigenvalue weighted by Crippen LogP contribution is 2.37.